The molecule has 0 saturated heterocycles. The summed E-state index contributed by atoms with van der Waals surface area (Å²) in [7, 11) is 0. The second-order valence-corrected chi connectivity index (χ2v) is 6.42. The van der Waals surface area contributed by atoms with Gasteiger partial charge in [0.2, 0.25) is 0 Å². The van der Waals surface area contributed by atoms with Crippen molar-refractivity contribution in [2.75, 3.05) is 0 Å². The average Bonchev–Trinajstić information content (AvgIpc) is 2.66. The number of nitrogens with zero attached hydrogens (tertiary/aromatic N) is 1. The van der Waals surface area contributed by atoms with Gasteiger partial charge >= 0.3 is 0 Å². The van der Waals surface area contributed by atoms with Gasteiger partial charge in [0, 0.05) is 18.6 Å². The van der Waals surface area contributed by atoms with Crippen molar-refractivity contribution in [2.24, 2.45) is 0 Å². The minimum Gasteiger partial charge on any atom is -1.00 e. The normalized spacial score (nSPS) is 10.6. The minimum absolute atomic E-state index is 0. The van der Waals surface area contributed by atoms with Crippen molar-refractivity contribution < 1.29 is 21.4 Å². The minimum atomic E-state index is 0. The van der Waals surface area contributed by atoms with Crippen molar-refractivity contribution in [1.29, 1.82) is 0 Å². The Morgan fingerprint density at radius 1 is 0.950 bits per heavy atom. The Hall–Kier alpha value is -1.19. The van der Waals surface area contributed by atoms with E-state index in [1.165, 1.54) is 37.7 Å². The van der Waals surface area contributed by atoms with Gasteiger partial charge in [-0.15, -0.1) is 0 Å². The maximum atomic E-state index is 2.31. The molecule has 1 nitrogen and oxygen atoms in total. The summed E-state index contributed by atoms with van der Waals surface area (Å²) in [4.78, 5) is 2.71. The summed E-state index contributed by atoms with van der Waals surface area (Å²) in [6, 6.07) is 11.1. The highest BCUT2D eigenvalue weighted by atomic mass is 79.9. The first kappa shape index (κ1) is 15.2. The molecule has 3 rings (SSSR count). The number of fused-ring (bicyclic) bond motifs is 1. The molecule has 20 heavy (non-hydrogen) atoms. The fraction of sp³-hybridized carbons (Fsp3) is 0.235. The molecule has 104 valence electrons. The van der Waals surface area contributed by atoms with Crippen LogP contribution in [0.15, 0.2) is 36.5 Å². The summed E-state index contributed by atoms with van der Waals surface area (Å²) in [5, 5.41) is 0. The summed E-state index contributed by atoms with van der Waals surface area (Å²) in [5.41, 5.74) is 6.61. The molecule has 0 spiro atoms. The molecule has 2 aromatic heterocycles. The molecule has 1 aromatic carbocycles. The van der Waals surface area contributed by atoms with E-state index in [2.05, 4.69) is 68.6 Å². The van der Waals surface area contributed by atoms with Gasteiger partial charge < -0.3 is 17.0 Å². The molecular weight excluding hydrogens is 330 g/mol. The summed E-state index contributed by atoms with van der Waals surface area (Å²) in [6.07, 6.45) is 2.25. The SMILES string of the molecule is Cc1ccc(-c2cc3sc(C)c(C)[n+]3cc2C)cc1.[Br-]. The Bertz CT molecular complexity index is 757. The summed E-state index contributed by atoms with van der Waals surface area (Å²) >= 11 is 1.86. The van der Waals surface area contributed by atoms with E-state index in [1.54, 1.807) is 0 Å². The van der Waals surface area contributed by atoms with Crippen LogP contribution in [0, 0.1) is 27.7 Å². The lowest BCUT2D eigenvalue weighted by atomic mass is 10.0. The zero-order valence-electron chi connectivity index (χ0n) is 12.2. The number of aryl methyl sites for hydroxylation is 4. The molecule has 3 heteroatoms. The maximum Gasteiger partial charge on any atom is 0.268 e. The van der Waals surface area contributed by atoms with E-state index in [-0.39, 0.29) is 17.0 Å². The van der Waals surface area contributed by atoms with Crippen molar-refractivity contribution in [2.45, 2.75) is 27.7 Å². The lowest BCUT2D eigenvalue weighted by molar-refractivity contribution is -0.515. The number of halogens is 1. The Morgan fingerprint density at radius 3 is 2.25 bits per heavy atom. The third-order valence-electron chi connectivity index (χ3n) is 3.74. The number of aromatic nitrogens is 1. The van der Waals surface area contributed by atoms with Gasteiger partial charge in [-0.1, -0.05) is 41.2 Å². The van der Waals surface area contributed by atoms with Crippen molar-refractivity contribution in [3.8, 4) is 11.1 Å². The van der Waals surface area contributed by atoms with Gasteiger partial charge in [0.15, 0.2) is 11.9 Å². The van der Waals surface area contributed by atoms with E-state index in [1.807, 2.05) is 11.3 Å². The second-order valence-electron chi connectivity index (χ2n) is 5.19. The first-order valence-electron chi connectivity index (χ1n) is 6.55. The average molecular weight is 348 g/mol. The van der Waals surface area contributed by atoms with E-state index in [0.29, 0.717) is 0 Å². The van der Waals surface area contributed by atoms with Crippen molar-refractivity contribution >= 4 is 16.2 Å². The molecule has 0 aliphatic rings. The van der Waals surface area contributed by atoms with E-state index in [9.17, 15) is 0 Å². The van der Waals surface area contributed by atoms with Gasteiger partial charge in [-0.05, 0) is 31.9 Å². The van der Waals surface area contributed by atoms with Gasteiger partial charge in [-0.3, -0.25) is 0 Å². The van der Waals surface area contributed by atoms with Gasteiger partial charge in [-0.25, -0.2) is 0 Å². The Balaban J connectivity index is 0.00000147. The number of benzene rings is 1. The maximum absolute atomic E-state index is 2.31. The van der Waals surface area contributed by atoms with Gasteiger partial charge in [0.05, 0.1) is 4.88 Å². The van der Waals surface area contributed by atoms with Crippen molar-refractivity contribution in [1.82, 2.24) is 0 Å². The highest BCUT2D eigenvalue weighted by Crippen LogP contribution is 2.26. The first-order chi connectivity index (χ1) is 9.06. The number of hydrogen-bond acceptors (Lipinski definition) is 1. The Kier molecular flexibility index (Phi) is 4.31. The van der Waals surface area contributed by atoms with E-state index >= 15 is 0 Å². The number of hydrogen-bond donors (Lipinski definition) is 0. The molecule has 0 bridgehead atoms. The monoisotopic (exact) mass is 347 g/mol. The number of thiazole rings is 1. The third-order valence-corrected chi connectivity index (χ3v) is 4.87. The van der Waals surface area contributed by atoms with Gasteiger partial charge in [-0.2, -0.15) is 4.40 Å². The Labute approximate surface area is 134 Å². The molecule has 0 saturated carbocycles. The topological polar surface area (TPSA) is 4.10 Å². The van der Waals surface area contributed by atoms with Crippen LogP contribution in [0.3, 0.4) is 0 Å². The van der Waals surface area contributed by atoms with Crippen LogP contribution in [0.5, 0.6) is 0 Å². The lowest BCUT2D eigenvalue weighted by Crippen LogP contribution is -3.00. The highest BCUT2D eigenvalue weighted by molar-refractivity contribution is 7.16. The molecule has 0 aliphatic heterocycles. The van der Waals surface area contributed by atoms with Crippen molar-refractivity contribution in [3.63, 3.8) is 0 Å². The predicted octanol–water partition coefficient (Wildman–Crippen LogP) is 1.39. The molecule has 0 amide bonds. The quantitative estimate of drug-likeness (QED) is 0.586. The first-order valence-corrected chi connectivity index (χ1v) is 7.37. The van der Waals surface area contributed by atoms with Crippen LogP contribution in [-0.2, 0) is 0 Å². The molecule has 0 fully saturated rings. The molecule has 2 heterocycles. The standard InChI is InChI=1S/C17H18NS.BrH/c1-11-5-7-15(8-6-11)16-9-17-18(10-12(16)2)13(3)14(4)19-17;/h5-10H,1-4H3;1H/q+1;/p-1. The number of rotatable bonds is 1. The summed E-state index contributed by atoms with van der Waals surface area (Å²) in [6.45, 7) is 8.69. The molecule has 0 aliphatic carbocycles. The summed E-state index contributed by atoms with van der Waals surface area (Å²) < 4.78 is 2.30. The lowest BCUT2D eigenvalue weighted by Gasteiger charge is -2.04. The molecule has 0 atom stereocenters. The second kappa shape index (κ2) is 5.66. The largest absolute Gasteiger partial charge is 1.00 e. The van der Waals surface area contributed by atoms with E-state index in [0.717, 1.165) is 0 Å². The summed E-state index contributed by atoms with van der Waals surface area (Å²) in [5.74, 6) is 0. The van der Waals surface area contributed by atoms with E-state index < -0.39 is 0 Å². The van der Waals surface area contributed by atoms with Crippen LogP contribution in [0.25, 0.3) is 16.0 Å². The van der Waals surface area contributed by atoms with Crippen LogP contribution in [-0.4, -0.2) is 0 Å². The predicted molar refractivity (Wildman–Crippen MR) is 81.9 cm³/mol. The van der Waals surface area contributed by atoms with E-state index in [4.69, 9.17) is 0 Å². The van der Waals surface area contributed by atoms with Gasteiger partial charge in [0.1, 0.15) is 0 Å². The fourth-order valence-electron chi connectivity index (χ4n) is 2.42. The zero-order valence-corrected chi connectivity index (χ0v) is 14.6. The molecule has 3 aromatic rings. The number of pyridine rings is 1. The molecule has 0 unspecified atom stereocenters. The molecular formula is C17H18BrNS. The van der Waals surface area contributed by atoms with Crippen LogP contribution in [0.2, 0.25) is 0 Å². The van der Waals surface area contributed by atoms with Crippen LogP contribution >= 0.6 is 11.3 Å². The van der Waals surface area contributed by atoms with Gasteiger partial charge in [0.25, 0.3) is 4.83 Å². The zero-order chi connectivity index (χ0) is 13.6. The highest BCUT2D eigenvalue weighted by Gasteiger charge is 2.16. The van der Waals surface area contributed by atoms with Crippen molar-refractivity contribution in [3.05, 3.63) is 58.2 Å². The fourth-order valence-corrected chi connectivity index (χ4v) is 3.44. The van der Waals surface area contributed by atoms with Crippen LogP contribution < -0.4 is 21.4 Å². The smallest absolute Gasteiger partial charge is 0.268 e. The molecule has 0 radical (unpaired) electrons. The van der Waals surface area contributed by atoms with Crippen LogP contribution in [0.1, 0.15) is 21.7 Å². The molecule has 0 N–H and O–H groups in total. The van der Waals surface area contributed by atoms with Crippen LogP contribution in [0.4, 0.5) is 0 Å². The third kappa shape index (κ3) is 2.52. The Morgan fingerprint density at radius 2 is 1.60 bits per heavy atom.